The van der Waals surface area contributed by atoms with E-state index in [1.54, 1.807) is 0 Å². The lowest BCUT2D eigenvalue weighted by Gasteiger charge is -2.12. The summed E-state index contributed by atoms with van der Waals surface area (Å²) in [6.07, 6.45) is 0. The van der Waals surface area contributed by atoms with Crippen LogP contribution in [0.25, 0.3) is 0 Å². The Balaban J connectivity index is 2.29. The monoisotopic (exact) mass is 183 g/mol. The molecule has 2 rings (SSSR count). The molecule has 0 saturated heterocycles. The molecule has 2 aromatic heterocycles. The van der Waals surface area contributed by atoms with Gasteiger partial charge in [-0.1, -0.05) is 10.2 Å². The summed E-state index contributed by atoms with van der Waals surface area (Å²) in [5.41, 5.74) is 2.29. The summed E-state index contributed by atoms with van der Waals surface area (Å²) in [5.74, 6) is 5.73. The van der Waals surface area contributed by atoms with Crippen LogP contribution in [0.2, 0.25) is 0 Å². The molecule has 0 spiro atoms. The van der Waals surface area contributed by atoms with Crippen molar-refractivity contribution in [1.82, 2.24) is 46.8 Å². The maximum Gasteiger partial charge on any atom is 0.265 e. The molecule has 0 aliphatic carbocycles. The molecule has 0 aromatic carbocycles. The number of nitrogens with two attached hydrogens (primary N) is 1. The van der Waals surface area contributed by atoms with Crippen LogP contribution in [0.1, 0.15) is 0 Å². The van der Waals surface area contributed by atoms with E-state index in [9.17, 15) is 0 Å². The van der Waals surface area contributed by atoms with Crippen molar-refractivity contribution >= 4 is 11.9 Å². The predicted molar refractivity (Wildman–Crippen MR) is 37.8 cm³/mol. The summed E-state index contributed by atoms with van der Waals surface area (Å²) in [6, 6.07) is 0. The highest BCUT2D eigenvalue weighted by Gasteiger charge is 2.14. The third kappa shape index (κ3) is 1.27. The third-order valence-electron chi connectivity index (χ3n) is 1.22. The van der Waals surface area contributed by atoms with Crippen LogP contribution in [-0.4, -0.2) is 41.2 Å². The van der Waals surface area contributed by atoms with Crippen molar-refractivity contribution in [2.24, 2.45) is 5.84 Å². The minimum atomic E-state index is 0.265. The second-order valence-electron chi connectivity index (χ2n) is 1.91. The van der Waals surface area contributed by atoms with E-state index in [2.05, 4.69) is 46.8 Å². The van der Waals surface area contributed by atoms with Gasteiger partial charge in [-0.3, -0.25) is 5.84 Å². The van der Waals surface area contributed by atoms with Crippen LogP contribution in [0.3, 0.4) is 0 Å². The molecule has 0 amide bonds. The number of rotatable bonds is 3. The molecular formula is C2H5N11. The highest BCUT2D eigenvalue weighted by atomic mass is 15.7. The van der Waals surface area contributed by atoms with Crippen LogP contribution >= 0.6 is 0 Å². The number of aromatic nitrogens is 8. The fourth-order valence-electron chi connectivity index (χ4n) is 0.720. The maximum absolute atomic E-state index is 5.20. The van der Waals surface area contributed by atoms with Crippen LogP contribution in [0, 0.1) is 0 Å². The van der Waals surface area contributed by atoms with E-state index in [1.807, 2.05) is 0 Å². The standard InChI is InChI=1S/C2H5N11/c3-8-13(1-4-9-10-5-1)2-6-11-12-7-2/h8H,3H2,(H,4,5,9,10)(H,6,7,11,12). The zero-order chi connectivity index (χ0) is 9.10. The van der Waals surface area contributed by atoms with Gasteiger partial charge in [-0.25, -0.2) is 10.2 Å². The summed E-state index contributed by atoms with van der Waals surface area (Å²) in [6.45, 7) is 0. The molecule has 0 unspecified atom stereocenters. The van der Waals surface area contributed by atoms with E-state index in [0.29, 0.717) is 0 Å². The fourth-order valence-corrected chi connectivity index (χ4v) is 0.720. The van der Waals surface area contributed by atoms with Gasteiger partial charge >= 0.3 is 0 Å². The van der Waals surface area contributed by atoms with E-state index < -0.39 is 0 Å². The molecule has 68 valence electrons. The SMILES string of the molecule is NNN(c1nnn[nH]1)c1nnn[nH]1. The average molecular weight is 183 g/mol. The van der Waals surface area contributed by atoms with Crippen molar-refractivity contribution in [3.63, 3.8) is 0 Å². The molecule has 11 heteroatoms. The fraction of sp³-hybridized carbons (Fsp3) is 0. The zero-order valence-electron chi connectivity index (χ0n) is 6.21. The van der Waals surface area contributed by atoms with Gasteiger partial charge in [0.05, 0.1) is 0 Å². The lowest BCUT2D eigenvalue weighted by Crippen LogP contribution is -2.40. The Kier molecular flexibility index (Phi) is 1.78. The van der Waals surface area contributed by atoms with Crippen molar-refractivity contribution < 1.29 is 0 Å². The Morgan fingerprint density at radius 1 is 1.08 bits per heavy atom. The number of aromatic amines is 2. The summed E-state index contributed by atoms with van der Waals surface area (Å²) in [4.78, 5) is 0. The first-order valence-electron chi connectivity index (χ1n) is 3.15. The highest BCUT2D eigenvalue weighted by Crippen LogP contribution is 2.08. The molecule has 0 aliphatic heterocycles. The Hall–Kier alpha value is -2.14. The Bertz CT molecular complexity index is 298. The van der Waals surface area contributed by atoms with Crippen molar-refractivity contribution in [3.05, 3.63) is 0 Å². The Morgan fingerprint density at radius 2 is 1.62 bits per heavy atom. The van der Waals surface area contributed by atoms with E-state index in [0.717, 1.165) is 0 Å². The van der Waals surface area contributed by atoms with Crippen molar-refractivity contribution in [3.8, 4) is 0 Å². The molecule has 2 heterocycles. The summed E-state index contributed by atoms with van der Waals surface area (Å²) >= 11 is 0. The molecule has 2 aromatic rings. The molecule has 0 radical (unpaired) electrons. The average Bonchev–Trinajstić information content (AvgIpc) is 2.76. The second kappa shape index (κ2) is 3.08. The molecule has 5 N–H and O–H groups in total. The van der Waals surface area contributed by atoms with Gasteiger partial charge in [-0.2, -0.15) is 10.5 Å². The second-order valence-corrected chi connectivity index (χ2v) is 1.91. The lowest BCUT2D eigenvalue weighted by molar-refractivity contribution is 0.710. The zero-order valence-corrected chi connectivity index (χ0v) is 6.21. The maximum atomic E-state index is 5.20. The molecule has 0 aliphatic rings. The first-order valence-corrected chi connectivity index (χ1v) is 3.15. The van der Waals surface area contributed by atoms with Gasteiger partial charge in [0.1, 0.15) is 0 Å². The smallest absolute Gasteiger partial charge is 0.253 e. The number of tetrazole rings is 2. The molecule has 0 atom stereocenters. The molecule has 0 saturated carbocycles. The van der Waals surface area contributed by atoms with Gasteiger partial charge < -0.3 is 0 Å². The Labute approximate surface area is 70.6 Å². The van der Waals surface area contributed by atoms with Crippen molar-refractivity contribution in [2.75, 3.05) is 5.01 Å². The summed E-state index contributed by atoms with van der Waals surface area (Å²) < 4.78 is 0. The van der Waals surface area contributed by atoms with E-state index in [1.165, 1.54) is 5.01 Å². The largest absolute Gasteiger partial charge is 0.265 e. The summed E-state index contributed by atoms with van der Waals surface area (Å²) in [5, 5.41) is 26.8. The van der Waals surface area contributed by atoms with Crippen molar-refractivity contribution in [1.29, 1.82) is 0 Å². The summed E-state index contributed by atoms with van der Waals surface area (Å²) in [7, 11) is 0. The number of H-pyrrole nitrogens is 2. The number of nitrogens with one attached hydrogen (secondary N) is 3. The lowest BCUT2D eigenvalue weighted by atomic mass is 10.9. The van der Waals surface area contributed by atoms with Gasteiger partial charge in [0.25, 0.3) is 11.9 Å². The van der Waals surface area contributed by atoms with Gasteiger partial charge in [-0.15, -0.1) is 0 Å². The first-order chi connectivity index (χ1) is 6.42. The van der Waals surface area contributed by atoms with E-state index >= 15 is 0 Å². The van der Waals surface area contributed by atoms with Gasteiger partial charge in [0.2, 0.25) is 0 Å². The number of nitrogens with zero attached hydrogens (tertiary/aromatic N) is 7. The normalized spacial score (nSPS) is 10.2. The van der Waals surface area contributed by atoms with Gasteiger partial charge in [-0.05, 0) is 20.9 Å². The minimum Gasteiger partial charge on any atom is -0.253 e. The van der Waals surface area contributed by atoms with Crippen LogP contribution < -0.4 is 16.4 Å². The van der Waals surface area contributed by atoms with Crippen LogP contribution in [0.5, 0.6) is 0 Å². The topological polar surface area (TPSA) is 150 Å². The van der Waals surface area contributed by atoms with Crippen LogP contribution in [0.15, 0.2) is 0 Å². The Morgan fingerprint density at radius 3 is 1.92 bits per heavy atom. The predicted octanol–water partition coefficient (Wildman–Crippen LogP) is -2.77. The number of hydrazine groups is 2. The molecular weight excluding hydrogens is 178 g/mol. The van der Waals surface area contributed by atoms with E-state index in [-0.39, 0.29) is 11.9 Å². The van der Waals surface area contributed by atoms with Crippen LogP contribution in [-0.2, 0) is 0 Å². The first kappa shape index (κ1) is 7.51. The molecule has 0 fully saturated rings. The molecule has 11 nitrogen and oxygen atoms in total. The molecule has 0 bridgehead atoms. The van der Waals surface area contributed by atoms with Crippen molar-refractivity contribution in [2.45, 2.75) is 0 Å². The minimum absolute atomic E-state index is 0.265. The molecule has 13 heavy (non-hydrogen) atoms. The number of hydrogen-bond acceptors (Lipinski definition) is 9. The number of hydrogen-bond donors (Lipinski definition) is 4. The van der Waals surface area contributed by atoms with Crippen LogP contribution in [0.4, 0.5) is 11.9 Å². The van der Waals surface area contributed by atoms with E-state index in [4.69, 9.17) is 5.84 Å². The highest BCUT2D eigenvalue weighted by molar-refractivity contribution is 5.42. The number of anilines is 2. The van der Waals surface area contributed by atoms with Gasteiger partial charge in [0, 0.05) is 0 Å². The van der Waals surface area contributed by atoms with Gasteiger partial charge in [0.15, 0.2) is 0 Å². The quantitative estimate of drug-likeness (QED) is 0.292. The third-order valence-corrected chi connectivity index (χ3v) is 1.22.